The summed E-state index contributed by atoms with van der Waals surface area (Å²) in [5, 5.41) is 9.41. The second kappa shape index (κ2) is 7.01. The van der Waals surface area contributed by atoms with Crippen molar-refractivity contribution in [2.75, 3.05) is 19.6 Å². The molecule has 0 aliphatic carbocycles. The molecule has 1 unspecified atom stereocenters. The van der Waals surface area contributed by atoms with Crippen LogP contribution in [0.15, 0.2) is 24.3 Å². The van der Waals surface area contributed by atoms with Crippen molar-refractivity contribution in [2.24, 2.45) is 11.7 Å². The number of carbonyl (C=O) groups is 1. The molecule has 0 fully saturated rings. The average Bonchev–Trinajstić information content (AvgIpc) is 2.37. The Balaban J connectivity index is 2.75. The predicted molar refractivity (Wildman–Crippen MR) is 72.3 cm³/mol. The Bertz CT molecular complexity index is 389. The molecule has 0 heterocycles. The Morgan fingerprint density at radius 3 is 2.56 bits per heavy atom. The molecule has 0 aliphatic heterocycles. The third kappa shape index (κ3) is 3.74. The summed E-state index contributed by atoms with van der Waals surface area (Å²) in [6, 6.07) is 6.98. The molecular formula is C14H22N2O2. The molecule has 4 nitrogen and oxygen atoms in total. The maximum absolute atomic E-state index is 12.2. The molecule has 0 radical (unpaired) electrons. The molecule has 0 saturated carbocycles. The van der Waals surface area contributed by atoms with Crippen molar-refractivity contribution < 1.29 is 9.90 Å². The average molecular weight is 250 g/mol. The highest BCUT2D eigenvalue weighted by molar-refractivity contribution is 5.79. The summed E-state index contributed by atoms with van der Waals surface area (Å²) in [6.45, 7) is 5.65. The van der Waals surface area contributed by atoms with Crippen LogP contribution in [0.3, 0.4) is 0 Å². The maximum Gasteiger partial charge on any atom is 0.227 e. The van der Waals surface area contributed by atoms with Gasteiger partial charge >= 0.3 is 0 Å². The van der Waals surface area contributed by atoms with Gasteiger partial charge in [-0.1, -0.05) is 12.1 Å². The molecule has 1 rings (SSSR count). The molecule has 1 aromatic carbocycles. The first-order valence-electron chi connectivity index (χ1n) is 6.39. The van der Waals surface area contributed by atoms with E-state index in [-0.39, 0.29) is 17.6 Å². The lowest BCUT2D eigenvalue weighted by molar-refractivity contribution is -0.134. The fourth-order valence-corrected chi connectivity index (χ4v) is 2.03. The van der Waals surface area contributed by atoms with Crippen LogP contribution < -0.4 is 5.73 Å². The molecule has 0 spiro atoms. The lowest BCUT2D eigenvalue weighted by Gasteiger charge is -2.24. The van der Waals surface area contributed by atoms with E-state index in [9.17, 15) is 9.90 Å². The summed E-state index contributed by atoms with van der Waals surface area (Å²) in [5.74, 6) is 0.0936. The van der Waals surface area contributed by atoms with Crippen LogP contribution in [0.1, 0.15) is 19.4 Å². The zero-order valence-corrected chi connectivity index (χ0v) is 11.1. The van der Waals surface area contributed by atoms with Crippen LogP contribution in [-0.2, 0) is 11.2 Å². The van der Waals surface area contributed by atoms with Crippen molar-refractivity contribution in [3.8, 4) is 5.75 Å². The van der Waals surface area contributed by atoms with E-state index in [4.69, 9.17) is 5.73 Å². The molecule has 1 aromatic rings. The smallest absolute Gasteiger partial charge is 0.227 e. The maximum atomic E-state index is 12.2. The summed E-state index contributed by atoms with van der Waals surface area (Å²) >= 11 is 0. The Morgan fingerprint density at radius 1 is 1.39 bits per heavy atom. The highest BCUT2D eigenvalue weighted by Crippen LogP contribution is 2.16. The number of hydrogen-bond donors (Lipinski definition) is 2. The van der Waals surface area contributed by atoms with E-state index < -0.39 is 0 Å². The first-order valence-corrected chi connectivity index (χ1v) is 6.39. The van der Waals surface area contributed by atoms with Gasteiger partial charge in [-0.2, -0.15) is 0 Å². The Hall–Kier alpha value is -1.55. The molecule has 1 amide bonds. The summed E-state index contributed by atoms with van der Waals surface area (Å²) in [4.78, 5) is 14.0. The first-order chi connectivity index (χ1) is 8.62. The van der Waals surface area contributed by atoms with Crippen LogP contribution in [0.5, 0.6) is 5.75 Å². The molecule has 0 saturated heterocycles. The predicted octanol–water partition coefficient (Wildman–Crippen LogP) is 1.38. The van der Waals surface area contributed by atoms with Gasteiger partial charge < -0.3 is 15.7 Å². The minimum Gasteiger partial charge on any atom is -0.508 e. The normalized spacial score (nSPS) is 12.2. The van der Waals surface area contributed by atoms with Crippen molar-refractivity contribution in [2.45, 2.75) is 20.3 Å². The van der Waals surface area contributed by atoms with Gasteiger partial charge in [-0.05, 0) is 38.0 Å². The summed E-state index contributed by atoms with van der Waals surface area (Å²) < 4.78 is 0. The molecular weight excluding hydrogens is 228 g/mol. The topological polar surface area (TPSA) is 66.6 Å². The van der Waals surface area contributed by atoms with Crippen LogP contribution in [0.2, 0.25) is 0 Å². The van der Waals surface area contributed by atoms with Crippen LogP contribution >= 0.6 is 0 Å². The van der Waals surface area contributed by atoms with Crippen LogP contribution in [0.25, 0.3) is 0 Å². The second-order valence-electron chi connectivity index (χ2n) is 4.32. The van der Waals surface area contributed by atoms with E-state index in [2.05, 4.69) is 0 Å². The standard InChI is InChI=1S/C14H22N2O2/c1-3-16(4-2)14(18)12(10-15)8-11-6-5-7-13(17)9-11/h5-7,9,12,17H,3-4,8,10,15H2,1-2H3. The van der Waals surface area contributed by atoms with Gasteiger partial charge in [0.1, 0.15) is 5.75 Å². The fraction of sp³-hybridized carbons (Fsp3) is 0.500. The largest absolute Gasteiger partial charge is 0.508 e. The number of phenolic OH excluding ortho intramolecular Hbond substituents is 1. The van der Waals surface area contributed by atoms with E-state index in [1.54, 1.807) is 23.1 Å². The minimum atomic E-state index is -0.216. The molecule has 0 bridgehead atoms. The number of carbonyl (C=O) groups excluding carboxylic acids is 1. The van der Waals surface area contributed by atoms with Gasteiger partial charge in [0.15, 0.2) is 0 Å². The van der Waals surface area contributed by atoms with Crippen molar-refractivity contribution in [3.05, 3.63) is 29.8 Å². The van der Waals surface area contributed by atoms with Crippen LogP contribution in [0, 0.1) is 5.92 Å². The van der Waals surface area contributed by atoms with Crippen molar-refractivity contribution in [1.82, 2.24) is 4.90 Å². The summed E-state index contributed by atoms with van der Waals surface area (Å²) in [7, 11) is 0. The summed E-state index contributed by atoms with van der Waals surface area (Å²) in [5.41, 5.74) is 6.63. The number of hydrogen-bond acceptors (Lipinski definition) is 3. The zero-order chi connectivity index (χ0) is 13.5. The number of nitrogens with zero attached hydrogens (tertiary/aromatic N) is 1. The first kappa shape index (κ1) is 14.5. The Morgan fingerprint density at radius 2 is 2.06 bits per heavy atom. The SMILES string of the molecule is CCN(CC)C(=O)C(CN)Cc1cccc(O)c1. The Kier molecular flexibility index (Phi) is 5.65. The molecule has 100 valence electrons. The van der Waals surface area contributed by atoms with E-state index >= 15 is 0 Å². The van der Waals surface area contributed by atoms with E-state index in [0.29, 0.717) is 26.1 Å². The highest BCUT2D eigenvalue weighted by atomic mass is 16.3. The molecule has 0 aromatic heterocycles. The number of benzene rings is 1. The second-order valence-corrected chi connectivity index (χ2v) is 4.32. The number of nitrogens with two attached hydrogens (primary N) is 1. The van der Waals surface area contributed by atoms with Gasteiger partial charge in [-0.3, -0.25) is 4.79 Å². The van der Waals surface area contributed by atoms with Crippen LogP contribution in [0.4, 0.5) is 0 Å². The monoisotopic (exact) mass is 250 g/mol. The quantitative estimate of drug-likeness (QED) is 0.801. The molecule has 18 heavy (non-hydrogen) atoms. The van der Waals surface area contributed by atoms with Crippen LogP contribution in [-0.4, -0.2) is 35.5 Å². The van der Waals surface area contributed by atoms with Crippen molar-refractivity contribution >= 4 is 5.91 Å². The third-order valence-electron chi connectivity index (χ3n) is 3.10. The van der Waals surface area contributed by atoms with Gasteiger partial charge in [0.05, 0.1) is 5.92 Å². The lowest BCUT2D eigenvalue weighted by atomic mass is 9.97. The van der Waals surface area contributed by atoms with Crippen molar-refractivity contribution in [1.29, 1.82) is 0 Å². The number of phenols is 1. The van der Waals surface area contributed by atoms with Gasteiger partial charge in [0, 0.05) is 19.6 Å². The van der Waals surface area contributed by atoms with Gasteiger partial charge in [0.2, 0.25) is 5.91 Å². The van der Waals surface area contributed by atoms with E-state index in [0.717, 1.165) is 5.56 Å². The molecule has 4 heteroatoms. The van der Waals surface area contributed by atoms with Gasteiger partial charge in [-0.15, -0.1) is 0 Å². The summed E-state index contributed by atoms with van der Waals surface area (Å²) in [6.07, 6.45) is 0.570. The third-order valence-corrected chi connectivity index (χ3v) is 3.10. The van der Waals surface area contributed by atoms with E-state index in [1.807, 2.05) is 19.9 Å². The Labute approximate surface area is 108 Å². The fourth-order valence-electron chi connectivity index (χ4n) is 2.03. The molecule has 3 N–H and O–H groups in total. The van der Waals surface area contributed by atoms with Crippen molar-refractivity contribution in [3.63, 3.8) is 0 Å². The molecule has 0 aliphatic rings. The number of aromatic hydroxyl groups is 1. The number of amides is 1. The lowest BCUT2D eigenvalue weighted by Crippen LogP contribution is -2.39. The zero-order valence-electron chi connectivity index (χ0n) is 11.1. The minimum absolute atomic E-state index is 0.0887. The van der Waals surface area contributed by atoms with E-state index in [1.165, 1.54) is 0 Å². The number of rotatable bonds is 6. The molecule has 1 atom stereocenters. The highest BCUT2D eigenvalue weighted by Gasteiger charge is 2.21. The van der Waals surface area contributed by atoms with Gasteiger partial charge in [0.25, 0.3) is 0 Å². The van der Waals surface area contributed by atoms with Gasteiger partial charge in [-0.25, -0.2) is 0 Å².